The molecule has 1 aromatic heterocycles. The molecule has 1 N–H and O–H groups in total. The van der Waals surface area contributed by atoms with E-state index in [4.69, 9.17) is 4.74 Å². The number of hydrogen-bond acceptors (Lipinski definition) is 3. The molecule has 88 valence electrons. The van der Waals surface area contributed by atoms with Crippen LogP contribution in [-0.4, -0.2) is 11.6 Å². The van der Waals surface area contributed by atoms with Crippen molar-refractivity contribution in [2.45, 2.75) is 13.5 Å². The standard InChI is InChI=1S/C14H16N2O/c1-2-17-14-9-8-13(11-16-14)15-10-12-6-4-3-5-7-12/h3-9,11,15H,2,10H2,1H3. The van der Waals surface area contributed by atoms with Crippen LogP contribution >= 0.6 is 0 Å². The molecular formula is C14H16N2O. The van der Waals surface area contributed by atoms with E-state index >= 15 is 0 Å². The molecule has 0 aliphatic heterocycles. The Bertz CT molecular complexity index is 440. The molecule has 0 amide bonds. The fourth-order valence-electron chi connectivity index (χ4n) is 1.52. The number of anilines is 1. The van der Waals surface area contributed by atoms with Gasteiger partial charge < -0.3 is 10.1 Å². The molecule has 0 spiro atoms. The fraction of sp³-hybridized carbons (Fsp3) is 0.214. The number of ether oxygens (including phenoxy) is 1. The van der Waals surface area contributed by atoms with Crippen molar-refractivity contribution >= 4 is 5.69 Å². The molecule has 1 aromatic carbocycles. The second-order valence-corrected chi connectivity index (χ2v) is 3.66. The first-order valence-corrected chi connectivity index (χ1v) is 5.75. The largest absolute Gasteiger partial charge is 0.478 e. The molecule has 2 aromatic rings. The van der Waals surface area contributed by atoms with E-state index in [0.29, 0.717) is 12.5 Å². The zero-order chi connectivity index (χ0) is 11.9. The molecule has 0 radical (unpaired) electrons. The molecule has 0 fully saturated rings. The summed E-state index contributed by atoms with van der Waals surface area (Å²) < 4.78 is 5.28. The van der Waals surface area contributed by atoms with Crippen molar-refractivity contribution < 1.29 is 4.74 Å². The third-order valence-electron chi connectivity index (χ3n) is 2.37. The minimum atomic E-state index is 0.643. The van der Waals surface area contributed by atoms with Gasteiger partial charge in [0.05, 0.1) is 18.5 Å². The summed E-state index contributed by atoms with van der Waals surface area (Å²) in [6.45, 7) is 3.39. The van der Waals surface area contributed by atoms with E-state index in [-0.39, 0.29) is 0 Å². The molecule has 2 rings (SSSR count). The first-order valence-electron chi connectivity index (χ1n) is 5.75. The topological polar surface area (TPSA) is 34.1 Å². The lowest BCUT2D eigenvalue weighted by Gasteiger charge is -2.07. The van der Waals surface area contributed by atoms with Gasteiger partial charge >= 0.3 is 0 Å². The molecule has 0 atom stereocenters. The number of benzene rings is 1. The predicted octanol–water partition coefficient (Wildman–Crippen LogP) is 3.09. The summed E-state index contributed by atoms with van der Waals surface area (Å²) in [5, 5.41) is 3.31. The predicted molar refractivity (Wildman–Crippen MR) is 69.2 cm³/mol. The zero-order valence-corrected chi connectivity index (χ0v) is 9.89. The van der Waals surface area contributed by atoms with Crippen molar-refractivity contribution in [2.24, 2.45) is 0 Å². The minimum absolute atomic E-state index is 0.643. The Morgan fingerprint density at radius 1 is 1.12 bits per heavy atom. The number of rotatable bonds is 5. The smallest absolute Gasteiger partial charge is 0.213 e. The third kappa shape index (κ3) is 3.48. The van der Waals surface area contributed by atoms with Crippen LogP contribution in [-0.2, 0) is 6.54 Å². The van der Waals surface area contributed by atoms with E-state index < -0.39 is 0 Å². The molecular weight excluding hydrogens is 212 g/mol. The van der Waals surface area contributed by atoms with Crippen molar-refractivity contribution in [1.82, 2.24) is 4.98 Å². The van der Waals surface area contributed by atoms with Crippen molar-refractivity contribution in [1.29, 1.82) is 0 Å². The Labute approximate surface area is 101 Å². The van der Waals surface area contributed by atoms with Crippen molar-refractivity contribution in [2.75, 3.05) is 11.9 Å². The summed E-state index contributed by atoms with van der Waals surface area (Å²) in [5.74, 6) is 0.665. The summed E-state index contributed by atoms with van der Waals surface area (Å²) in [6.07, 6.45) is 1.79. The Kier molecular flexibility index (Phi) is 3.97. The average molecular weight is 228 g/mol. The third-order valence-corrected chi connectivity index (χ3v) is 2.37. The maximum Gasteiger partial charge on any atom is 0.213 e. The van der Waals surface area contributed by atoms with Crippen molar-refractivity contribution in [3.63, 3.8) is 0 Å². The molecule has 0 saturated carbocycles. The van der Waals surface area contributed by atoms with Crippen LogP contribution in [0.3, 0.4) is 0 Å². The lowest BCUT2D eigenvalue weighted by Crippen LogP contribution is -2.00. The highest BCUT2D eigenvalue weighted by Crippen LogP contribution is 2.12. The first kappa shape index (κ1) is 11.5. The molecule has 0 aliphatic carbocycles. The van der Waals surface area contributed by atoms with Crippen LogP contribution in [0.1, 0.15) is 12.5 Å². The second-order valence-electron chi connectivity index (χ2n) is 3.66. The molecule has 0 bridgehead atoms. The van der Waals surface area contributed by atoms with Crippen LogP contribution in [0, 0.1) is 0 Å². The van der Waals surface area contributed by atoms with Crippen LogP contribution < -0.4 is 10.1 Å². The molecule has 0 saturated heterocycles. The van der Waals surface area contributed by atoms with Crippen LogP contribution in [0.15, 0.2) is 48.7 Å². The van der Waals surface area contributed by atoms with Crippen LogP contribution in [0.5, 0.6) is 5.88 Å². The SMILES string of the molecule is CCOc1ccc(NCc2ccccc2)cn1. The second kappa shape index (κ2) is 5.89. The highest BCUT2D eigenvalue weighted by Gasteiger charge is 1.96. The Balaban J connectivity index is 1.91. The van der Waals surface area contributed by atoms with Crippen LogP contribution in [0.25, 0.3) is 0 Å². The average Bonchev–Trinajstić information content (AvgIpc) is 2.40. The van der Waals surface area contributed by atoms with E-state index in [1.807, 2.05) is 37.3 Å². The van der Waals surface area contributed by atoms with E-state index in [0.717, 1.165) is 12.2 Å². The zero-order valence-electron chi connectivity index (χ0n) is 9.89. The number of nitrogens with zero attached hydrogens (tertiary/aromatic N) is 1. The molecule has 0 unspecified atom stereocenters. The number of hydrogen-bond donors (Lipinski definition) is 1. The van der Waals surface area contributed by atoms with Gasteiger partial charge in [0, 0.05) is 12.6 Å². The molecule has 3 heteroatoms. The Morgan fingerprint density at radius 2 is 1.94 bits per heavy atom. The van der Waals surface area contributed by atoms with Gasteiger partial charge in [-0.1, -0.05) is 30.3 Å². The molecule has 1 heterocycles. The molecule has 17 heavy (non-hydrogen) atoms. The van der Waals surface area contributed by atoms with Crippen molar-refractivity contribution in [3.05, 3.63) is 54.2 Å². The van der Waals surface area contributed by atoms with E-state index in [2.05, 4.69) is 22.4 Å². The number of pyridine rings is 1. The maximum atomic E-state index is 5.28. The van der Waals surface area contributed by atoms with E-state index in [1.165, 1.54) is 5.56 Å². The quantitative estimate of drug-likeness (QED) is 0.853. The van der Waals surface area contributed by atoms with Gasteiger partial charge in [-0.3, -0.25) is 0 Å². The van der Waals surface area contributed by atoms with Crippen LogP contribution in [0.2, 0.25) is 0 Å². The minimum Gasteiger partial charge on any atom is -0.478 e. The normalized spacial score (nSPS) is 9.94. The molecule has 0 aliphatic rings. The summed E-state index contributed by atoms with van der Waals surface area (Å²) in [4.78, 5) is 4.20. The summed E-state index contributed by atoms with van der Waals surface area (Å²) in [5.41, 5.74) is 2.25. The Hall–Kier alpha value is -2.03. The van der Waals surface area contributed by atoms with Crippen LogP contribution in [0.4, 0.5) is 5.69 Å². The van der Waals surface area contributed by atoms with Gasteiger partial charge in [-0.25, -0.2) is 4.98 Å². The lowest BCUT2D eigenvalue weighted by molar-refractivity contribution is 0.327. The molecule has 3 nitrogen and oxygen atoms in total. The maximum absolute atomic E-state index is 5.28. The fourth-order valence-corrected chi connectivity index (χ4v) is 1.52. The van der Waals surface area contributed by atoms with Crippen molar-refractivity contribution in [3.8, 4) is 5.88 Å². The first-order chi connectivity index (χ1) is 8.38. The van der Waals surface area contributed by atoms with Gasteiger partial charge in [-0.2, -0.15) is 0 Å². The van der Waals surface area contributed by atoms with Gasteiger partial charge in [0.1, 0.15) is 0 Å². The van der Waals surface area contributed by atoms with E-state index in [1.54, 1.807) is 6.20 Å². The highest BCUT2D eigenvalue weighted by molar-refractivity contribution is 5.42. The van der Waals surface area contributed by atoms with Gasteiger partial charge in [0.2, 0.25) is 5.88 Å². The Morgan fingerprint density at radius 3 is 2.59 bits per heavy atom. The lowest BCUT2D eigenvalue weighted by atomic mass is 10.2. The van der Waals surface area contributed by atoms with E-state index in [9.17, 15) is 0 Å². The van der Waals surface area contributed by atoms with Gasteiger partial charge in [0.25, 0.3) is 0 Å². The summed E-state index contributed by atoms with van der Waals surface area (Å²) in [6, 6.07) is 14.1. The van der Waals surface area contributed by atoms with Gasteiger partial charge in [-0.15, -0.1) is 0 Å². The number of aromatic nitrogens is 1. The summed E-state index contributed by atoms with van der Waals surface area (Å²) in [7, 11) is 0. The van der Waals surface area contributed by atoms with Gasteiger partial charge in [-0.05, 0) is 18.6 Å². The summed E-state index contributed by atoms with van der Waals surface area (Å²) >= 11 is 0. The number of nitrogens with one attached hydrogen (secondary N) is 1. The van der Waals surface area contributed by atoms with Gasteiger partial charge in [0.15, 0.2) is 0 Å². The highest BCUT2D eigenvalue weighted by atomic mass is 16.5. The monoisotopic (exact) mass is 228 g/mol.